The van der Waals surface area contributed by atoms with Crippen molar-refractivity contribution in [2.45, 2.75) is 0 Å². The molecular weight excluding hydrogens is 690 g/mol. The van der Waals surface area contributed by atoms with E-state index >= 15 is 0 Å². The Morgan fingerprint density at radius 1 is 0.418 bits per heavy atom. The predicted molar refractivity (Wildman–Crippen MR) is 230 cm³/mol. The van der Waals surface area contributed by atoms with Gasteiger partial charge < -0.3 is 18.6 Å². The van der Waals surface area contributed by atoms with Crippen molar-refractivity contribution in [2.75, 3.05) is 0 Å². The lowest BCUT2D eigenvalue weighted by atomic mass is 9.31. The Kier molecular flexibility index (Phi) is 4.72. The summed E-state index contributed by atoms with van der Waals surface area (Å²) in [6.45, 7) is 0.0191. The van der Waals surface area contributed by atoms with E-state index in [1.165, 1.54) is 108 Å². The number of benzene rings is 8. The van der Waals surface area contributed by atoms with E-state index in [0.29, 0.717) is 0 Å². The fourth-order valence-corrected chi connectivity index (χ4v) is 12.3. The highest BCUT2D eigenvalue weighted by molar-refractivity contribution is 7.26. The second-order valence-corrected chi connectivity index (χ2v) is 16.5. The van der Waals surface area contributed by atoms with E-state index in [-0.39, 0.29) is 13.4 Å². The number of hydrogen-bond acceptors (Lipinski definition) is 3. The van der Waals surface area contributed by atoms with Crippen LogP contribution in [0.2, 0.25) is 0 Å². The van der Waals surface area contributed by atoms with Crippen LogP contribution in [0.5, 0.6) is 23.0 Å². The Bertz CT molecular complexity index is 3650. The number of rotatable bonds is 0. The number of aromatic nitrogens is 2. The van der Waals surface area contributed by atoms with Crippen molar-refractivity contribution in [3.63, 3.8) is 0 Å². The van der Waals surface area contributed by atoms with Crippen molar-refractivity contribution in [1.82, 2.24) is 9.13 Å². The molecule has 0 atom stereocenters. The van der Waals surface area contributed by atoms with E-state index in [0.717, 1.165) is 23.0 Å². The lowest BCUT2D eigenvalue weighted by Gasteiger charge is -2.36. The van der Waals surface area contributed by atoms with E-state index in [2.05, 4.69) is 155 Å². The third kappa shape index (κ3) is 3.12. The maximum absolute atomic E-state index is 6.95. The van der Waals surface area contributed by atoms with E-state index in [1.54, 1.807) is 0 Å². The van der Waals surface area contributed by atoms with Crippen LogP contribution in [-0.2, 0) is 0 Å². The molecule has 0 spiro atoms. The average Bonchev–Trinajstić information content (AvgIpc) is 3.89. The first-order valence-electron chi connectivity index (χ1n) is 19.0. The standard InChI is InChI=1S/C48H24B2N2O2S/c1-3-15-34-25(9-1)27-11-5-13-30-46(27)51(34)36-16-7-18-38-44(36)49(30)32-23-33-41(24-40(32)53-38)54-39-19-8-17-37-45(39)50(33)31-14-6-12-29-43-35(52(37)47(29)31)22-21-28-26-10-2-4-20-42(26)55-48(28)43/h1-24H. The van der Waals surface area contributed by atoms with Gasteiger partial charge in [-0.25, -0.2) is 0 Å². The molecule has 0 bridgehead atoms. The predicted octanol–water partition coefficient (Wildman–Crippen LogP) is 8.12. The van der Waals surface area contributed by atoms with Crippen molar-refractivity contribution in [3.05, 3.63) is 146 Å². The summed E-state index contributed by atoms with van der Waals surface area (Å²) in [5.74, 6) is 3.55. The second-order valence-electron chi connectivity index (χ2n) is 15.5. The summed E-state index contributed by atoms with van der Waals surface area (Å²) in [7, 11) is 0. The van der Waals surface area contributed by atoms with Gasteiger partial charge in [0.15, 0.2) is 0 Å². The zero-order chi connectivity index (χ0) is 35.3. The zero-order valence-electron chi connectivity index (χ0n) is 29.1. The highest BCUT2D eigenvalue weighted by Crippen LogP contribution is 2.45. The summed E-state index contributed by atoms with van der Waals surface area (Å²) in [6, 6.07) is 53.7. The SMILES string of the molecule is c1cc2c3c(c1)-n1c4ccccc4c4cccc(c41)B3c1cc3c(cc1O2)Oc1cccc2c1B3c1cccc3c4c5sc6ccccc6c5ccc4n-2c13. The molecule has 0 amide bonds. The maximum atomic E-state index is 6.95. The average molecular weight is 714 g/mol. The molecule has 0 unspecified atom stereocenters. The molecule has 7 heterocycles. The number of fused-ring (bicyclic) bond motifs is 18. The highest BCUT2D eigenvalue weighted by Gasteiger charge is 2.45. The zero-order valence-corrected chi connectivity index (χ0v) is 29.9. The molecule has 8 aromatic carbocycles. The Labute approximate surface area is 318 Å². The largest absolute Gasteiger partial charge is 0.458 e. The van der Waals surface area contributed by atoms with E-state index in [9.17, 15) is 0 Å². The van der Waals surface area contributed by atoms with Crippen molar-refractivity contribution in [3.8, 4) is 34.4 Å². The Balaban J connectivity index is 1.03. The Morgan fingerprint density at radius 2 is 1.02 bits per heavy atom. The Hall–Kier alpha value is -6.69. The molecule has 0 saturated heterocycles. The van der Waals surface area contributed by atoms with Crippen LogP contribution in [-0.4, -0.2) is 22.6 Å². The van der Waals surface area contributed by atoms with Crippen LogP contribution in [0.15, 0.2) is 146 Å². The van der Waals surface area contributed by atoms with Gasteiger partial charge in [0, 0.05) is 70.2 Å². The van der Waals surface area contributed by atoms with Crippen molar-refractivity contribution in [1.29, 1.82) is 0 Å². The minimum Gasteiger partial charge on any atom is -0.458 e. The molecule has 55 heavy (non-hydrogen) atoms. The van der Waals surface area contributed by atoms with Gasteiger partial charge in [-0.2, -0.15) is 0 Å². The van der Waals surface area contributed by atoms with Crippen molar-refractivity contribution < 1.29 is 9.47 Å². The van der Waals surface area contributed by atoms with Gasteiger partial charge in [0.25, 0.3) is 13.4 Å². The van der Waals surface area contributed by atoms with Gasteiger partial charge in [-0.3, -0.25) is 0 Å². The summed E-state index contributed by atoms with van der Waals surface area (Å²) in [5, 5.41) is 7.86. The summed E-state index contributed by atoms with van der Waals surface area (Å²) in [5.41, 5.74) is 14.9. The molecule has 0 radical (unpaired) electrons. The fourth-order valence-electron chi connectivity index (χ4n) is 11.0. The van der Waals surface area contributed by atoms with Crippen LogP contribution in [0.3, 0.4) is 0 Å². The number of hydrogen-bond donors (Lipinski definition) is 0. The molecule has 11 aromatic rings. The van der Waals surface area contributed by atoms with Crippen LogP contribution in [0.4, 0.5) is 0 Å². The molecule has 0 N–H and O–H groups in total. The third-order valence-corrected chi connectivity index (χ3v) is 14.2. The van der Waals surface area contributed by atoms with Crippen LogP contribution >= 0.6 is 11.3 Å². The van der Waals surface area contributed by atoms with E-state index in [1.807, 2.05) is 11.3 Å². The highest BCUT2D eigenvalue weighted by atomic mass is 32.1. The topological polar surface area (TPSA) is 28.3 Å². The molecule has 0 saturated carbocycles. The quantitative estimate of drug-likeness (QED) is 0.149. The molecule has 7 heteroatoms. The Morgan fingerprint density at radius 3 is 1.76 bits per heavy atom. The van der Waals surface area contributed by atoms with Gasteiger partial charge in [-0.1, -0.05) is 97.1 Å². The number of ether oxygens (including phenoxy) is 2. The summed E-state index contributed by atoms with van der Waals surface area (Å²) in [6.07, 6.45) is 0. The monoisotopic (exact) mass is 714 g/mol. The molecule has 3 aromatic heterocycles. The normalized spacial score (nSPS) is 14.0. The minimum absolute atomic E-state index is 0.00105. The molecule has 0 fully saturated rings. The van der Waals surface area contributed by atoms with Gasteiger partial charge >= 0.3 is 0 Å². The first-order valence-corrected chi connectivity index (χ1v) is 19.8. The van der Waals surface area contributed by atoms with Gasteiger partial charge in [-0.15, -0.1) is 11.3 Å². The minimum atomic E-state index is 0.00105. The van der Waals surface area contributed by atoms with Crippen molar-refractivity contribution >= 4 is 121 Å². The van der Waals surface area contributed by atoms with Crippen LogP contribution in [0, 0.1) is 0 Å². The lowest BCUT2D eigenvalue weighted by Crippen LogP contribution is -2.62. The molecule has 0 aliphatic carbocycles. The molecule has 4 aliphatic heterocycles. The van der Waals surface area contributed by atoms with Gasteiger partial charge in [0.2, 0.25) is 0 Å². The van der Waals surface area contributed by atoms with Crippen molar-refractivity contribution in [2.24, 2.45) is 0 Å². The first-order chi connectivity index (χ1) is 27.3. The third-order valence-electron chi connectivity index (χ3n) is 13.0. The molecule has 4 aliphatic rings. The molecule has 250 valence electrons. The van der Waals surface area contributed by atoms with E-state index < -0.39 is 0 Å². The fraction of sp³-hybridized carbons (Fsp3) is 0. The smallest absolute Gasteiger partial charge is 0.256 e. The summed E-state index contributed by atoms with van der Waals surface area (Å²) < 4.78 is 21.5. The van der Waals surface area contributed by atoms with Gasteiger partial charge in [-0.05, 0) is 75.2 Å². The first kappa shape index (κ1) is 27.9. The van der Waals surface area contributed by atoms with Gasteiger partial charge in [0.05, 0.1) is 11.0 Å². The number of thiophene rings is 1. The summed E-state index contributed by atoms with van der Waals surface area (Å²) >= 11 is 1.91. The van der Waals surface area contributed by atoms with Crippen LogP contribution < -0.4 is 42.3 Å². The van der Waals surface area contributed by atoms with Crippen LogP contribution in [0.25, 0.3) is 75.2 Å². The van der Waals surface area contributed by atoms with E-state index in [4.69, 9.17) is 9.47 Å². The second kappa shape index (κ2) is 9.32. The molecule has 15 rings (SSSR count). The van der Waals surface area contributed by atoms with Gasteiger partial charge in [0.1, 0.15) is 23.0 Å². The summed E-state index contributed by atoms with van der Waals surface area (Å²) in [4.78, 5) is 0. The molecular formula is C48H24B2N2O2S. The van der Waals surface area contributed by atoms with Crippen LogP contribution in [0.1, 0.15) is 0 Å². The number of para-hydroxylation sites is 3. The number of nitrogens with zero attached hydrogens (tertiary/aromatic N) is 2. The maximum Gasteiger partial charge on any atom is 0.256 e. The lowest BCUT2D eigenvalue weighted by molar-refractivity contribution is 0.465. The molecule has 4 nitrogen and oxygen atoms in total.